The topological polar surface area (TPSA) is 63.3 Å². The van der Waals surface area contributed by atoms with E-state index < -0.39 is 5.60 Å². The standard InChI is InChI=1S/C23H27IN2O3/c1-23(2,3)29-22(27)26-18(13-24)12-17-14-25-21-19(17)10-7-11-20(21)28-15-16-8-5-4-6-9-16/h4-11,14,18,25H,12-13,15H2,1-3H3,(H,26,27). The van der Waals surface area contributed by atoms with Crippen LogP contribution in [-0.2, 0) is 17.8 Å². The van der Waals surface area contributed by atoms with Crippen LogP contribution in [0.5, 0.6) is 5.75 Å². The predicted octanol–water partition coefficient (Wildman–Crippen LogP) is 5.62. The minimum absolute atomic E-state index is 0.0154. The molecular weight excluding hydrogens is 479 g/mol. The van der Waals surface area contributed by atoms with Crippen LogP contribution in [0.25, 0.3) is 10.9 Å². The van der Waals surface area contributed by atoms with Crippen LogP contribution in [0.3, 0.4) is 0 Å². The highest BCUT2D eigenvalue weighted by Gasteiger charge is 2.20. The van der Waals surface area contributed by atoms with E-state index in [-0.39, 0.29) is 12.1 Å². The van der Waals surface area contributed by atoms with Gasteiger partial charge in [0.25, 0.3) is 0 Å². The number of benzene rings is 2. The Labute approximate surface area is 185 Å². The summed E-state index contributed by atoms with van der Waals surface area (Å²) in [7, 11) is 0. The van der Waals surface area contributed by atoms with Gasteiger partial charge >= 0.3 is 6.09 Å². The molecule has 0 radical (unpaired) electrons. The number of nitrogens with one attached hydrogen (secondary N) is 2. The van der Waals surface area contributed by atoms with Crippen molar-refractivity contribution in [1.29, 1.82) is 0 Å². The third kappa shape index (κ3) is 6.13. The van der Waals surface area contributed by atoms with Crippen LogP contribution < -0.4 is 10.1 Å². The number of H-pyrrole nitrogens is 1. The van der Waals surface area contributed by atoms with Crippen LogP contribution in [-0.4, -0.2) is 27.1 Å². The van der Waals surface area contributed by atoms with E-state index in [1.807, 2.05) is 69.4 Å². The molecule has 1 unspecified atom stereocenters. The SMILES string of the molecule is CC(C)(C)OC(=O)NC(CI)Cc1c[nH]c2c(OCc3ccccc3)cccc12. The van der Waals surface area contributed by atoms with Crippen LogP contribution >= 0.6 is 22.6 Å². The molecule has 0 aliphatic heterocycles. The van der Waals surface area contributed by atoms with Crippen LogP contribution in [0.4, 0.5) is 4.79 Å². The molecule has 0 fully saturated rings. The zero-order valence-corrected chi connectivity index (χ0v) is 19.2. The molecule has 1 atom stereocenters. The summed E-state index contributed by atoms with van der Waals surface area (Å²) in [5.41, 5.74) is 2.74. The van der Waals surface area contributed by atoms with Crippen LogP contribution in [0, 0.1) is 0 Å². The number of alkyl halides is 1. The molecule has 2 aromatic carbocycles. The molecule has 0 saturated heterocycles. The molecule has 3 aromatic rings. The normalized spacial score (nSPS) is 12.6. The molecule has 6 heteroatoms. The predicted molar refractivity (Wildman–Crippen MR) is 125 cm³/mol. The Morgan fingerprint density at radius 2 is 1.90 bits per heavy atom. The third-order valence-corrected chi connectivity index (χ3v) is 5.44. The van der Waals surface area contributed by atoms with E-state index in [0.29, 0.717) is 13.0 Å². The lowest BCUT2D eigenvalue weighted by Gasteiger charge is -2.22. The number of alkyl carbamates (subject to hydrolysis) is 1. The molecule has 2 N–H and O–H groups in total. The maximum atomic E-state index is 12.1. The fourth-order valence-electron chi connectivity index (χ4n) is 3.09. The molecule has 0 aliphatic carbocycles. The van der Waals surface area contributed by atoms with E-state index in [9.17, 15) is 4.79 Å². The van der Waals surface area contributed by atoms with E-state index in [0.717, 1.165) is 32.2 Å². The number of rotatable bonds is 7. The Morgan fingerprint density at radius 1 is 1.14 bits per heavy atom. The Balaban J connectivity index is 1.71. The molecule has 1 amide bonds. The monoisotopic (exact) mass is 506 g/mol. The molecule has 5 nitrogen and oxygen atoms in total. The highest BCUT2D eigenvalue weighted by molar-refractivity contribution is 14.1. The average Bonchev–Trinajstić information content (AvgIpc) is 3.08. The summed E-state index contributed by atoms with van der Waals surface area (Å²) < 4.78 is 12.2. The van der Waals surface area contributed by atoms with Crippen molar-refractivity contribution in [2.24, 2.45) is 0 Å². The molecule has 3 rings (SSSR count). The summed E-state index contributed by atoms with van der Waals surface area (Å²) >= 11 is 2.29. The van der Waals surface area contributed by atoms with Crippen molar-refractivity contribution in [2.45, 2.75) is 45.4 Å². The van der Waals surface area contributed by atoms with Crippen LogP contribution in [0.1, 0.15) is 31.9 Å². The number of carbonyl (C=O) groups is 1. The minimum Gasteiger partial charge on any atom is -0.487 e. The second-order valence-corrected chi connectivity index (χ2v) is 8.85. The highest BCUT2D eigenvalue weighted by Crippen LogP contribution is 2.29. The van der Waals surface area contributed by atoms with Crippen molar-refractivity contribution in [3.63, 3.8) is 0 Å². The molecule has 0 aliphatic rings. The number of aromatic nitrogens is 1. The lowest BCUT2D eigenvalue weighted by Crippen LogP contribution is -2.41. The van der Waals surface area contributed by atoms with Gasteiger partial charge in [0.2, 0.25) is 0 Å². The summed E-state index contributed by atoms with van der Waals surface area (Å²) in [4.78, 5) is 15.5. The number of para-hydroxylation sites is 1. The first-order valence-electron chi connectivity index (χ1n) is 9.67. The largest absolute Gasteiger partial charge is 0.487 e. The molecule has 0 spiro atoms. The molecule has 0 saturated carbocycles. The van der Waals surface area contributed by atoms with Gasteiger partial charge in [-0.3, -0.25) is 0 Å². The second-order valence-electron chi connectivity index (χ2n) is 7.97. The molecule has 154 valence electrons. The van der Waals surface area contributed by atoms with Crippen molar-refractivity contribution >= 4 is 39.6 Å². The molecule has 0 bridgehead atoms. The number of fused-ring (bicyclic) bond motifs is 1. The fraction of sp³-hybridized carbons (Fsp3) is 0.348. The quantitative estimate of drug-likeness (QED) is 0.323. The number of amides is 1. The van der Waals surface area contributed by atoms with Crippen LogP contribution in [0.2, 0.25) is 0 Å². The number of hydrogen-bond acceptors (Lipinski definition) is 3. The van der Waals surface area contributed by atoms with Crippen molar-refractivity contribution < 1.29 is 14.3 Å². The van der Waals surface area contributed by atoms with Crippen molar-refractivity contribution in [3.8, 4) is 5.75 Å². The zero-order valence-electron chi connectivity index (χ0n) is 17.0. The van der Waals surface area contributed by atoms with E-state index in [1.165, 1.54) is 0 Å². The first kappa shape index (κ1) is 21.5. The zero-order chi connectivity index (χ0) is 20.9. The Bertz CT molecular complexity index is 948. The second kappa shape index (κ2) is 9.52. The highest BCUT2D eigenvalue weighted by atomic mass is 127. The molecule has 29 heavy (non-hydrogen) atoms. The first-order chi connectivity index (χ1) is 13.9. The van der Waals surface area contributed by atoms with Crippen molar-refractivity contribution in [2.75, 3.05) is 4.43 Å². The van der Waals surface area contributed by atoms with E-state index >= 15 is 0 Å². The van der Waals surface area contributed by atoms with Gasteiger partial charge in [-0.15, -0.1) is 0 Å². The Kier molecular flexibility index (Phi) is 7.05. The Hall–Kier alpha value is -2.22. The number of hydrogen-bond donors (Lipinski definition) is 2. The van der Waals surface area contributed by atoms with Gasteiger partial charge in [-0.1, -0.05) is 65.1 Å². The van der Waals surface area contributed by atoms with Gasteiger partial charge in [-0.25, -0.2) is 4.79 Å². The summed E-state index contributed by atoms with van der Waals surface area (Å²) in [5.74, 6) is 0.823. The molecule has 1 aromatic heterocycles. The lowest BCUT2D eigenvalue weighted by atomic mass is 10.1. The van der Waals surface area contributed by atoms with Gasteiger partial charge in [0.05, 0.1) is 5.52 Å². The van der Waals surface area contributed by atoms with E-state index in [1.54, 1.807) is 0 Å². The Morgan fingerprint density at radius 3 is 2.59 bits per heavy atom. The number of ether oxygens (including phenoxy) is 2. The number of aromatic amines is 1. The van der Waals surface area contributed by atoms with Crippen molar-refractivity contribution in [1.82, 2.24) is 10.3 Å². The van der Waals surface area contributed by atoms with E-state index in [4.69, 9.17) is 9.47 Å². The van der Waals surface area contributed by atoms with Gasteiger partial charge in [-0.05, 0) is 44.4 Å². The van der Waals surface area contributed by atoms with Crippen molar-refractivity contribution in [3.05, 3.63) is 65.9 Å². The summed E-state index contributed by atoms with van der Waals surface area (Å²) in [6.45, 7) is 6.11. The fourth-order valence-corrected chi connectivity index (χ4v) is 3.62. The maximum Gasteiger partial charge on any atom is 0.407 e. The van der Waals surface area contributed by atoms with E-state index in [2.05, 4.69) is 39.0 Å². The van der Waals surface area contributed by atoms with Gasteiger partial charge in [0.1, 0.15) is 18.0 Å². The summed E-state index contributed by atoms with van der Waals surface area (Å²) in [5, 5.41) is 4.08. The molecular formula is C23H27IN2O3. The number of halogens is 1. The van der Waals surface area contributed by atoms with Gasteiger partial charge in [0.15, 0.2) is 0 Å². The molecule has 1 heterocycles. The first-order valence-corrected chi connectivity index (χ1v) is 11.2. The average molecular weight is 506 g/mol. The van der Waals surface area contributed by atoms with Gasteiger partial charge in [0, 0.05) is 22.1 Å². The summed E-state index contributed by atoms with van der Waals surface area (Å²) in [6, 6.07) is 16.1. The maximum absolute atomic E-state index is 12.1. The third-order valence-electron chi connectivity index (χ3n) is 4.37. The minimum atomic E-state index is -0.508. The smallest absolute Gasteiger partial charge is 0.407 e. The van der Waals surface area contributed by atoms with Crippen LogP contribution in [0.15, 0.2) is 54.7 Å². The van der Waals surface area contributed by atoms with Gasteiger partial charge < -0.3 is 19.8 Å². The number of carbonyl (C=O) groups excluding carboxylic acids is 1. The summed E-state index contributed by atoms with van der Waals surface area (Å²) in [6.07, 6.45) is 2.33. The van der Waals surface area contributed by atoms with Gasteiger partial charge in [-0.2, -0.15) is 0 Å². The lowest BCUT2D eigenvalue weighted by molar-refractivity contribution is 0.0510.